The zero-order valence-electron chi connectivity index (χ0n) is 17.5. The summed E-state index contributed by atoms with van der Waals surface area (Å²) in [4.78, 5) is 14.9. The summed E-state index contributed by atoms with van der Waals surface area (Å²) in [6.45, 7) is 1.97. The molecule has 0 radical (unpaired) electrons. The van der Waals surface area contributed by atoms with E-state index in [1.165, 1.54) is 23.5 Å². The fourth-order valence-electron chi connectivity index (χ4n) is 4.31. The summed E-state index contributed by atoms with van der Waals surface area (Å²) < 4.78 is 17.7. The third-order valence-corrected chi connectivity index (χ3v) is 8.88. The van der Waals surface area contributed by atoms with Gasteiger partial charge in [0.05, 0.1) is 10.6 Å². The van der Waals surface area contributed by atoms with Gasteiger partial charge in [0.1, 0.15) is 19.0 Å². The Balaban J connectivity index is 1.20. The Labute approximate surface area is 191 Å². The zero-order valence-corrected chi connectivity index (χ0v) is 19.1. The number of amides is 1. The van der Waals surface area contributed by atoms with Gasteiger partial charge in [-0.15, -0.1) is 23.5 Å². The van der Waals surface area contributed by atoms with Crippen molar-refractivity contribution in [2.75, 3.05) is 37.9 Å². The fourth-order valence-corrected chi connectivity index (χ4v) is 7.20. The maximum absolute atomic E-state index is 12.9. The molecule has 1 amide bonds. The second kappa shape index (κ2) is 9.65. The van der Waals surface area contributed by atoms with Crippen LogP contribution in [-0.2, 0) is 4.79 Å². The fraction of sp³-hybridized carbons (Fsp3) is 0.458. The molecule has 1 atom stereocenters. The van der Waals surface area contributed by atoms with Crippen molar-refractivity contribution in [3.8, 4) is 17.2 Å². The van der Waals surface area contributed by atoms with Gasteiger partial charge in [-0.3, -0.25) is 4.79 Å². The van der Waals surface area contributed by atoms with E-state index in [4.69, 9.17) is 14.2 Å². The summed E-state index contributed by atoms with van der Waals surface area (Å²) in [7, 11) is 0. The van der Waals surface area contributed by atoms with E-state index in [2.05, 4.69) is 12.1 Å². The largest absolute Gasteiger partial charge is 0.486 e. The number of hydrogen-bond donors (Lipinski definition) is 0. The van der Waals surface area contributed by atoms with E-state index in [9.17, 15) is 4.79 Å². The molecule has 164 valence electrons. The smallest absolute Gasteiger partial charge is 0.261 e. The van der Waals surface area contributed by atoms with E-state index >= 15 is 0 Å². The number of ether oxygens (including phenoxy) is 3. The van der Waals surface area contributed by atoms with Gasteiger partial charge in [-0.05, 0) is 66.2 Å². The van der Waals surface area contributed by atoms with Crippen LogP contribution in [0.1, 0.15) is 41.0 Å². The second-order valence-corrected chi connectivity index (χ2v) is 10.7. The van der Waals surface area contributed by atoms with Gasteiger partial charge < -0.3 is 19.1 Å². The molecule has 3 aliphatic rings. The molecule has 2 aromatic rings. The van der Waals surface area contributed by atoms with Crippen molar-refractivity contribution >= 4 is 29.4 Å². The van der Waals surface area contributed by atoms with E-state index in [-0.39, 0.29) is 18.6 Å². The lowest BCUT2D eigenvalue weighted by atomic mass is 10.0. The number of nitrogens with zero attached hydrogens (tertiary/aromatic N) is 1. The van der Waals surface area contributed by atoms with Crippen LogP contribution in [0.15, 0.2) is 42.5 Å². The highest BCUT2D eigenvalue weighted by Gasteiger charge is 2.31. The molecule has 7 heteroatoms. The molecule has 3 aliphatic heterocycles. The summed E-state index contributed by atoms with van der Waals surface area (Å²) in [6, 6.07) is 14.3. The zero-order chi connectivity index (χ0) is 21.0. The molecule has 5 nitrogen and oxygen atoms in total. The molecule has 0 spiro atoms. The number of carbonyl (C=O) groups excluding carboxylic acids is 1. The topological polar surface area (TPSA) is 48.0 Å². The first-order chi connectivity index (χ1) is 15.3. The molecule has 31 heavy (non-hydrogen) atoms. The summed E-state index contributed by atoms with van der Waals surface area (Å²) in [5.74, 6) is 4.78. The van der Waals surface area contributed by atoms with Gasteiger partial charge in [0.15, 0.2) is 18.1 Å². The third-order valence-electron chi connectivity index (χ3n) is 5.87. The van der Waals surface area contributed by atoms with E-state index < -0.39 is 0 Å². The number of thioether (sulfide) groups is 2. The van der Waals surface area contributed by atoms with Gasteiger partial charge in [0, 0.05) is 6.54 Å². The number of fused-ring (bicyclic) bond motifs is 1. The first-order valence-electron chi connectivity index (χ1n) is 10.9. The molecule has 0 N–H and O–H groups in total. The van der Waals surface area contributed by atoms with Crippen molar-refractivity contribution in [2.24, 2.45) is 0 Å². The van der Waals surface area contributed by atoms with Crippen molar-refractivity contribution in [3.63, 3.8) is 0 Å². The average molecular weight is 458 g/mol. The molecule has 2 saturated heterocycles. The molecular formula is C24H27NO4S2. The molecular weight excluding hydrogens is 430 g/mol. The van der Waals surface area contributed by atoms with Gasteiger partial charge in [-0.2, -0.15) is 0 Å². The first-order valence-corrected chi connectivity index (χ1v) is 13.0. The maximum Gasteiger partial charge on any atom is 0.261 e. The van der Waals surface area contributed by atoms with Crippen LogP contribution in [0.25, 0.3) is 0 Å². The Morgan fingerprint density at radius 1 is 0.968 bits per heavy atom. The van der Waals surface area contributed by atoms with Gasteiger partial charge in [0.2, 0.25) is 0 Å². The van der Waals surface area contributed by atoms with Gasteiger partial charge in [0.25, 0.3) is 5.91 Å². The Morgan fingerprint density at radius 2 is 1.71 bits per heavy atom. The molecule has 3 heterocycles. The minimum Gasteiger partial charge on any atom is -0.486 e. The number of carbonyl (C=O) groups is 1. The highest BCUT2D eigenvalue weighted by atomic mass is 32.2. The average Bonchev–Trinajstić information content (AvgIpc) is 3.33. The standard InChI is InChI=1S/C24H27NO4S2/c26-23(16-29-19-7-4-17(5-8-19)24-30-13-2-14-31-24)25-10-1-3-20(25)18-6-9-21-22(15-18)28-12-11-27-21/h4-9,15,20,24H,1-3,10-14,16H2/t20-/m0/s1. The molecule has 2 fully saturated rings. The quantitative estimate of drug-likeness (QED) is 0.625. The van der Waals surface area contributed by atoms with Crippen molar-refractivity contribution in [2.45, 2.75) is 29.9 Å². The van der Waals surface area contributed by atoms with Crippen LogP contribution in [-0.4, -0.2) is 48.7 Å². The van der Waals surface area contributed by atoms with Crippen molar-refractivity contribution in [1.82, 2.24) is 4.90 Å². The van der Waals surface area contributed by atoms with Gasteiger partial charge in [-0.1, -0.05) is 18.2 Å². The molecule has 0 bridgehead atoms. The minimum atomic E-state index is 0.0276. The summed E-state index contributed by atoms with van der Waals surface area (Å²) in [5, 5.41) is 0. The van der Waals surface area contributed by atoms with Crippen molar-refractivity contribution in [1.29, 1.82) is 0 Å². The Bertz CT molecular complexity index is 914. The lowest BCUT2D eigenvalue weighted by molar-refractivity contribution is -0.134. The highest BCUT2D eigenvalue weighted by molar-refractivity contribution is 8.16. The molecule has 2 aromatic carbocycles. The van der Waals surface area contributed by atoms with Crippen LogP contribution in [0, 0.1) is 0 Å². The lowest BCUT2D eigenvalue weighted by Gasteiger charge is -2.27. The van der Waals surface area contributed by atoms with Crippen LogP contribution < -0.4 is 14.2 Å². The molecule has 0 aromatic heterocycles. The summed E-state index contributed by atoms with van der Waals surface area (Å²) >= 11 is 4.02. The highest BCUT2D eigenvalue weighted by Crippen LogP contribution is 2.44. The van der Waals surface area contributed by atoms with Crippen LogP contribution in [0.5, 0.6) is 17.2 Å². The van der Waals surface area contributed by atoms with E-state index in [1.54, 1.807) is 0 Å². The first kappa shape index (κ1) is 20.9. The second-order valence-electron chi connectivity index (χ2n) is 7.93. The van der Waals surface area contributed by atoms with Gasteiger partial charge in [-0.25, -0.2) is 0 Å². The number of benzene rings is 2. The predicted octanol–water partition coefficient (Wildman–Crippen LogP) is 5.07. The van der Waals surface area contributed by atoms with Crippen molar-refractivity contribution in [3.05, 3.63) is 53.6 Å². The predicted molar refractivity (Wildman–Crippen MR) is 125 cm³/mol. The van der Waals surface area contributed by atoms with Crippen LogP contribution in [0.3, 0.4) is 0 Å². The maximum atomic E-state index is 12.9. The van der Waals surface area contributed by atoms with Crippen LogP contribution in [0.4, 0.5) is 0 Å². The molecule has 0 unspecified atom stereocenters. The molecule has 5 rings (SSSR count). The van der Waals surface area contributed by atoms with Gasteiger partial charge >= 0.3 is 0 Å². The monoisotopic (exact) mass is 457 g/mol. The SMILES string of the molecule is O=C(COc1ccc(C2SCCCS2)cc1)N1CCC[C@H]1c1ccc2c(c1)OCCO2. The number of hydrogen-bond acceptors (Lipinski definition) is 6. The Morgan fingerprint density at radius 3 is 2.52 bits per heavy atom. The molecule has 0 saturated carbocycles. The van der Waals surface area contributed by atoms with Crippen molar-refractivity contribution < 1.29 is 19.0 Å². The summed E-state index contributed by atoms with van der Waals surface area (Å²) in [5.41, 5.74) is 2.42. The van der Waals surface area contributed by atoms with Crippen LogP contribution >= 0.6 is 23.5 Å². The Hall–Kier alpha value is -1.99. The summed E-state index contributed by atoms with van der Waals surface area (Å²) in [6.07, 6.45) is 3.24. The normalized spacial score (nSPS) is 21.2. The lowest BCUT2D eigenvalue weighted by Crippen LogP contribution is -2.34. The van der Waals surface area contributed by atoms with E-state index in [1.807, 2.05) is 58.8 Å². The Kier molecular flexibility index (Phi) is 6.50. The third kappa shape index (κ3) is 4.77. The molecule has 0 aliphatic carbocycles. The van der Waals surface area contributed by atoms with Crippen LogP contribution in [0.2, 0.25) is 0 Å². The minimum absolute atomic E-state index is 0.0276. The van der Waals surface area contributed by atoms with E-state index in [0.717, 1.165) is 42.2 Å². The number of likely N-dealkylation sites (tertiary alicyclic amines) is 1. The number of rotatable bonds is 5. The van der Waals surface area contributed by atoms with E-state index in [0.29, 0.717) is 17.8 Å².